The molecule has 0 bridgehead atoms. The van der Waals surface area contributed by atoms with Crippen molar-refractivity contribution in [1.82, 2.24) is 5.32 Å². The summed E-state index contributed by atoms with van der Waals surface area (Å²) in [5.41, 5.74) is 1.06. The Morgan fingerprint density at radius 2 is 1.92 bits per heavy atom. The average molecular weight is 357 g/mol. The topological polar surface area (TPSA) is 88.8 Å². The van der Waals surface area contributed by atoms with Crippen molar-refractivity contribution in [1.29, 1.82) is 0 Å². The fourth-order valence-corrected chi connectivity index (χ4v) is 3.38. The monoisotopic (exact) mass is 357 g/mol. The molecule has 138 valence electrons. The first-order chi connectivity index (χ1) is 12.6. The van der Waals surface area contributed by atoms with E-state index in [0.29, 0.717) is 25.4 Å². The van der Waals surface area contributed by atoms with Crippen molar-refractivity contribution < 1.29 is 23.8 Å². The van der Waals surface area contributed by atoms with Crippen LogP contribution in [0.1, 0.15) is 58.0 Å². The van der Waals surface area contributed by atoms with E-state index in [9.17, 15) is 14.7 Å². The van der Waals surface area contributed by atoms with E-state index >= 15 is 0 Å². The number of ether oxygens (including phenoxy) is 1. The predicted octanol–water partition coefficient (Wildman–Crippen LogP) is 3.44. The molecule has 1 saturated heterocycles. The molecular formula is C20H23NO5. The van der Waals surface area contributed by atoms with Crippen molar-refractivity contribution in [2.45, 2.75) is 32.2 Å². The van der Waals surface area contributed by atoms with Crippen molar-refractivity contribution in [3.63, 3.8) is 0 Å². The van der Waals surface area contributed by atoms with Gasteiger partial charge in [-0.15, -0.1) is 0 Å². The third-order valence-corrected chi connectivity index (χ3v) is 4.77. The predicted molar refractivity (Wildman–Crippen MR) is 95.2 cm³/mol. The van der Waals surface area contributed by atoms with E-state index < -0.39 is 11.9 Å². The Kier molecular flexibility index (Phi) is 5.73. The zero-order valence-electron chi connectivity index (χ0n) is 14.7. The molecule has 3 rings (SSSR count). The van der Waals surface area contributed by atoms with Crippen LogP contribution >= 0.6 is 0 Å². The first kappa shape index (κ1) is 18.2. The summed E-state index contributed by atoms with van der Waals surface area (Å²) >= 11 is 0. The fraction of sp³-hybridized carbons (Fsp3) is 0.400. The molecule has 1 aliphatic heterocycles. The summed E-state index contributed by atoms with van der Waals surface area (Å²) in [5, 5.41) is 12.3. The van der Waals surface area contributed by atoms with Crippen LogP contribution in [0.15, 0.2) is 40.8 Å². The molecule has 1 atom stereocenters. The van der Waals surface area contributed by atoms with Gasteiger partial charge in [-0.2, -0.15) is 0 Å². The molecule has 1 unspecified atom stereocenters. The average Bonchev–Trinajstić information content (AvgIpc) is 3.12. The molecule has 1 aromatic carbocycles. The van der Waals surface area contributed by atoms with Gasteiger partial charge in [0.15, 0.2) is 5.76 Å². The Hall–Kier alpha value is -2.60. The molecule has 1 aromatic heterocycles. The van der Waals surface area contributed by atoms with Crippen molar-refractivity contribution >= 4 is 11.9 Å². The third kappa shape index (κ3) is 3.96. The number of nitrogens with one attached hydrogen (secondary N) is 1. The number of carboxylic acid groups (broad SMARTS) is 1. The molecule has 1 aliphatic rings. The molecule has 2 aromatic rings. The van der Waals surface area contributed by atoms with Crippen molar-refractivity contribution in [2.75, 3.05) is 13.2 Å². The van der Waals surface area contributed by atoms with Crippen molar-refractivity contribution in [3.05, 3.63) is 59.0 Å². The first-order valence-corrected chi connectivity index (χ1v) is 8.89. The number of hydrogen-bond donors (Lipinski definition) is 2. The van der Waals surface area contributed by atoms with Gasteiger partial charge in [-0.25, -0.2) is 4.79 Å². The van der Waals surface area contributed by atoms with Crippen LogP contribution in [0.5, 0.6) is 0 Å². The number of carbonyl (C=O) groups is 2. The molecule has 6 heteroatoms. The number of amides is 1. The van der Waals surface area contributed by atoms with Crippen LogP contribution in [0, 0.1) is 5.92 Å². The van der Waals surface area contributed by atoms with Crippen molar-refractivity contribution in [2.24, 2.45) is 5.92 Å². The zero-order valence-corrected chi connectivity index (χ0v) is 14.7. The normalized spacial score (nSPS) is 16.2. The van der Waals surface area contributed by atoms with Crippen LogP contribution in [-0.4, -0.2) is 30.2 Å². The molecule has 1 fully saturated rings. The van der Waals surface area contributed by atoms with Crippen LogP contribution in [0.2, 0.25) is 0 Å². The van der Waals surface area contributed by atoms with Gasteiger partial charge in [0, 0.05) is 25.7 Å². The maximum atomic E-state index is 12.7. The minimum absolute atomic E-state index is 0.0345. The molecule has 2 heterocycles. The summed E-state index contributed by atoms with van der Waals surface area (Å²) in [6, 6.07) is 10.9. The van der Waals surface area contributed by atoms with Crippen LogP contribution in [-0.2, 0) is 11.2 Å². The van der Waals surface area contributed by atoms with Crippen LogP contribution in [0.4, 0.5) is 0 Å². The van der Waals surface area contributed by atoms with E-state index in [4.69, 9.17) is 9.15 Å². The van der Waals surface area contributed by atoms with Gasteiger partial charge in [0.1, 0.15) is 11.3 Å². The van der Waals surface area contributed by atoms with Gasteiger partial charge in [0.25, 0.3) is 5.91 Å². The second kappa shape index (κ2) is 8.19. The minimum atomic E-state index is -1.09. The Morgan fingerprint density at radius 3 is 2.50 bits per heavy atom. The molecule has 2 N–H and O–H groups in total. The van der Waals surface area contributed by atoms with Gasteiger partial charge in [-0.1, -0.05) is 37.3 Å². The number of aryl methyl sites for hydroxylation is 1. The van der Waals surface area contributed by atoms with Crippen LogP contribution < -0.4 is 5.32 Å². The standard InChI is InChI=1S/C20H23NO5/c1-2-16-15(20(23)24)12-17(26-16)19(22)21-18(13-6-4-3-5-7-13)14-8-10-25-11-9-14/h3-7,12,14,18H,2,8-11H2,1H3,(H,21,22)(H,23,24). The maximum absolute atomic E-state index is 12.7. The van der Waals surface area contributed by atoms with E-state index in [-0.39, 0.29) is 23.3 Å². The third-order valence-electron chi connectivity index (χ3n) is 4.77. The highest BCUT2D eigenvalue weighted by Crippen LogP contribution is 2.30. The molecule has 0 spiro atoms. The lowest BCUT2D eigenvalue weighted by Crippen LogP contribution is -2.35. The summed E-state index contributed by atoms with van der Waals surface area (Å²) in [4.78, 5) is 24.0. The lowest BCUT2D eigenvalue weighted by molar-refractivity contribution is 0.0509. The van der Waals surface area contributed by atoms with Crippen LogP contribution in [0.3, 0.4) is 0 Å². The molecule has 26 heavy (non-hydrogen) atoms. The largest absolute Gasteiger partial charge is 0.478 e. The summed E-state index contributed by atoms with van der Waals surface area (Å²) in [6.45, 7) is 3.14. The Balaban J connectivity index is 1.84. The highest BCUT2D eigenvalue weighted by atomic mass is 16.5. The minimum Gasteiger partial charge on any atom is -0.478 e. The first-order valence-electron chi connectivity index (χ1n) is 8.89. The zero-order chi connectivity index (χ0) is 18.5. The molecule has 6 nitrogen and oxygen atoms in total. The molecule has 1 amide bonds. The van der Waals surface area contributed by atoms with E-state index in [1.165, 1.54) is 6.07 Å². The highest BCUT2D eigenvalue weighted by molar-refractivity contribution is 5.96. The number of carboxylic acids is 1. The molecular weight excluding hydrogens is 334 g/mol. The second-order valence-corrected chi connectivity index (χ2v) is 6.42. The van der Waals surface area contributed by atoms with Gasteiger partial charge < -0.3 is 19.6 Å². The number of furan rings is 1. The number of carbonyl (C=O) groups excluding carboxylic acids is 1. The number of benzene rings is 1. The summed E-state index contributed by atoms with van der Waals surface area (Å²) < 4.78 is 10.9. The lowest BCUT2D eigenvalue weighted by atomic mass is 9.87. The van der Waals surface area contributed by atoms with Gasteiger partial charge in [0.05, 0.1) is 6.04 Å². The second-order valence-electron chi connectivity index (χ2n) is 6.42. The molecule has 0 radical (unpaired) electrons. The van der Waals surface area contributed by atoms with Gasteiger partial charge in [-0.3, -0.25) is 4.79 Å². The van der Waals surface area contributed by atoms with E-state index in [1.54, 1.807) is 6.92 Å². The lowest BCUT2D eigenvalue weighted by Gasteiger charge is -2.31. The molecule has 0 saturated carbocycles. The summed E-state index contributed by atoms with van der Waals surface area (Å²) in [5.74, 6) is -0.881. The van der Waals surface area contributed by atoms with E-state index in [1.807, 2.05) is 30.3 Å². The highest BCUT2D eigenvalue weighted by Gasteiger charge is 2.29. The van der Waals surface area contributed by atoms with Crippen molar-refractivity contribution in [3.8, 4) is 0 Å². The molecule has 0 aliphatic carbocycles. The van der Waals surface area contributed by atoms with Gasteiger partial charge in [-0.05, 0) is 24.3 Å². The quantitative estimate of drug-likeness (QED) is 0.827. The maximum Gasteiger partial charge on any atom is 0.339 e. The van der Waals surface area contributed by atoms with Gasteiger partial charge in [0.2, 0.25) is 0 Å². The van der Waals surface area contributed by atoms with E-state index in [0.717, 1.165) is 18.4 Å². The number of aromatic carboxylic acids is 1. The Labute approximate surface area is 152 Å². The Bertz CT molecular complexity index is 762. The smallest absolute Gasteiger partial charge is 0.339 e. The van der Waals surface area contributed by atoms with Gasteiger partial charge >= 0.3 is 5.97 Å². The number of hydrogen-bond acceptors (Lipinski definition) is 4. The Morgan fingerprint density at radius 1 is 1.23 bits per heavy atom. The fourth-order valence-electron chi connectivity index (χ4n) is 3.38. The number of rotatable bonds is 6. The van der Waals surface area contributed by atoms with E-state index in [2.05, 4.69) is 5.32 Å². The SMILES string of the molecule is CCc1oc(C(=O)NC(c2ccccc2)C2CCOCC2)cc1C(=O)O. The summed E-state index contributed by atoms with van der Waals surface area (Å²) in [6.07, 6.45) is 2.13. The summed E-state index contributed by atoms with van der Waals surface area (Å²) in [7, 11) is 0. The van der Waals surface area contributed by atoms with Crippen LogP contribution in [0.25, 0.3) is 0 Å².